The Bertz CT molecular complexity index is 327. The second kappa shape index (κ2) is 8.09. The number of hydrogen-bond acceptors (Lipinski definition) is 3. The molecular formula is C14H26N2O4. The van der Waals surface area contributed by atoms with Crippen LogP contribution < -0.4 is 5.32 Å². The molecule has 0 radical (unpaired) electrons. The van der Waals surface area contributed by atoms with Crippen LogP contribution in [0.15, 0.2) is 0 Å². The van der Waals surface area contributed by atoms with Crippen molar-refractivity contribution in [3.8, 4) is 0 Å². The largest absolute Gasteiger partial charge is 0.480 e. The molecule has 0 bridgehead atoms. The first-order valence-electron chi connectivity index (χ1n) is 7.22. The number of urea groups is 1. The normalized spacial score (nSPS) is 17.8. The van der Waals surface area contributed by atoms with Crippen LogP contribution in [0.5, 0.6) is 0 Å². The molecule has 6 nitrogen and oxygen atoms in total. The zero-order chi connectivity index (χ0) is 15.1. The number of carboxylic acids is 1. The highest BCUT2D eigenvalue weighted by Crippen LogP contribution is 2.15. The number of rotatable bonds is 6. The average Bonchev–Trinajstić information content (AvgIpc) is 2.38. The van der Waals surface area contributed by atoms with E-state index in [0.717, 1.165) is 26.1 Å². The van der Waals surface area contributed by atoms with Gasteiger partial charge in [0.2, 0.25) is 0 Å². The summed E-state index contributed by atoms with van der Waals surface area (Å²) in [5.41, 5.74) is 0. The maximum atomic E-state index is 12.0. The molecule has 1 heterocycles. The minimum Gasteiger partial charge on any atom is -0.480 e. The lowest BCUT2D eigenvalue weighted by molar-refractivity contribution is -0.139. The molecule has 6 heteroatoms. The number of carbonyl (C=O) groups excluding carboxylic acids is 1. The van der Waals surface area contributed by atoms with Crippen molar-refractivity contribution < 1.29 is 19.4 Å². The Kier molecular flexibility index (Phi) is 6.78. The van der Waals surface area contributed by atoms with Gasteiger partial charge in [0.05, 0.1) is 0 Å². The van der Waals surface area contributed by atoms with Crippen LogP contribution in [-0.2, 0) is 9.53 Å². The fourth-order valence-electron chi connectivity index (χ4n) is 2.35. The van der Waals surface area contributed by atoms with E-state index in [0.29, 0.717) is 18.9 Å². The van der Waals surface area contributed by atoms with E-state index in [9.17, 15) is 9.59 Å². The van der Waals surface area contributed by atoms with Crippen LogP contribution in [0.3, 0.4) is 0 Å². The first-order valence-corrected chi connectivity index (χ1v) is 7.22. The van der Waals surface area contributed by atoms with Gasteiger partial charge in [-0.25, -0.2) is 9.59 Å². The second-order valence-corrected chi connectivity index (χ2v) is 5.91. The monoisotopic (exact) mass is 286 g/mol. The summed E-state index contributed by atoms with van der Waals surface area (Å²) < 4.78 is 5.28. The van der Waals surface area contributed by atoms with Crippen molar-refractivity contribution in [1.29, 1.82) is 0 Å². The third kappa shape index (κ3) is 5.77. The van der Waals surface area contributed by atoms with Crippen molar-refractivity contribution in [3.05, 3.63) is 0 Å². The van der Waals surface area contributed by atoms with Gasteiger partial charge in [-0.05, 0) is 31.1 Å². The van der Waals surface area contributed by atoms with Crippen LogP contribution in [0.25, 0.3) is 0 Å². The molecule has 0 aromatic heterocycles. The highest BCUT2D eigenvalue weighted by atomic mass is 16.5. The molecule has 116 valence electrons. The number of hydrogen-bond donors (Lipinski definition) is 2. The summed E-state index contributed by atoms with van der Waals surface area (Å²) in [4.78, 5) is 24.7. The number of nitrogens with one attached hydrogen (secondary N) is 1. The molecule has 0 aliphatic carbocycles. The van der Waals surface area contributed by atoms with Crippen LogP contribution in [0.1, 0.15) is 33.1 Å². The first kappa shape index (κ1) is 16.8. The van der Waals surface area contributed by atoms with Crippen LogP contribution >= 0.6 is 0 Å². The van der Waals surface area contributed by atoms with Gasteiger partial charge in [0.25, 0.3) is 0 Å². The Morgan fingerprint density at radius 1 is 1.35 bits per heavy atom. The highest BCUT2D eigenvalue weighted by molar-refractivity contribution is 5.82. The number of nitrogens with zero attached hydrogens (tertiary/aromatic N) is 1. The Hall–Kier alpha value is -1.30. The van der Waals surface area contributed by atoms with Crippen LogP contribution in [0, 0.1) is 11.8 Å². The molecule has 0 aromatic rings. The minimum atomic E-state index is -0.980. The molecular weight excluding hydrogens is 260 g/mol. The third-order valence-electron chi connectivity index (χ3n) is 3.52. The molecule has 1 aliphatic heterocycles. The second-order valence-electron chi connectivity index (χ2n) is 5.91. The van der Waals surface area contributed by atoms with Gasteiger partial charge in [-0.1, -0.05) is 13.8 Å². The predicted octanol–water partition coefficient (Wildman–Crippen LogP) is 1.55. The molecule has 1 aliphatic rings. The molecule has 20 heavy (non-hydrogen) atoms. The molecule has 0 spiro atoms. The molecule has 1 fully saturated rings. The van der Waals surface area contributed by atoms with E-state index < -0.39 is 12.0 Å². The molecule has 2 N–H and O–H groups in total. The Balaban J connectivity index is 2.43. The van der Waals surface area contributed by atoms with Crippen LogP contribution in [0.4, 0.5) is 4.79 Å². The van der Waals surface area contributed by atoms with E-state index in [-0.39, 0.29) is 11.9 Å². The van der Waals surface area contributed by atoms with Gasteiger partial charge in [-0.3, -0.25) is 0 Å². The van der Waals surface area contributed by atoms with Crippen molar-refractivity contribution in [3.63, 3.8) is 0 Å². The van der Waals surface area contributed by atoms with Crippen molar-refractivity contribution in [1.82, 2.24) is 10.2 Å². The molecule has 2 amide bonds. The first-order chi connectivity index (χ1) is 9.40. The van der Waals surface area contributed by atoms with E-state index in [1.54, 1.807) is 11.9 Å². The van der Waals surface area contributed by atoms with Crippen molar-refractivity contribution in [2.75, 3.05) is 26.8 Å². The van der Waals surface area contributed by atoms with Crippen LogP contribution in [0.2, 0.25) is 0 Å². The van der Waals surface area contributed by atoms with Gasteiger partial charge in [-0.15, -0.1) is 0 Å². The summed E-state index contributed by atoms with van der Waals surface area (Å²) in [6.45, 7) is 6.00. The van der Waals surface area contributed by atoms with E-state index in [1.165, 1.54) is 0 Å². The van der Waals surface area contributed by atoms with Crippen molar-refractivity contribution in [2.24, 2.45) is 11.8 Å². The Morgan fingerprint density at radius 2 is 1.95 bits per heavy atom. The summed E-state index contributed by atoms with van der Waals surface area (Å²) in [6, 6.07) is -1.14. The SMILES string of the molecule is CC(C)C[C@@H](NC(=O)N(C)CC1CCOCC1)C(=O)O. The predicted molar refractivity (Wildman–Crippen MR) is 75.6 cm³/mol. The van der Waals surface area contributed by atoms with E-state index >= 15 is 0 Å². The standard InChI is InChI=1S/C14H26N2O4/c1-10(2)8-12(13(17)18)15-14(19)16(3)9-11-4-6-20-7-5-11/h10-12H,4-9H2,1-3H3,(H,15,19)(H,17,18)/t12-/m1/s1. The summed E-state index contributed by atoms with van der Waals surface area (Å²) in [6.07, 6.45) is 2.34. The van der Waals surface area contributed by atoms with Crippen molar-refractivity contribution >= 4 is 12.0 Å². The number of aliphatic carboxylic acids is 1. The average molecular weight is 286 g/mol. The topological polar surface area (TPSA) is 78.9 Å². The van der Waals surface area contributed by atoms with E-state index in [4.69, 9.17) is 9.84 Å². The molecule has 0 saturated carbocycles. The van der Waals surface area contributed by atoms with Gasteiger partial charge in [0.15, 0.2) is 0 Å². The summed E-state index contributed by atoms with van der Waals surface area (Å²) in [7, 11) is 1.71. The van der Waals surface area contributed by atoms with Gasteiger partial charge in [-0.2, -0.15) is 0 Å². The van der Waals surface area contributed by atoms with Gasteiger partial charge < -0.3 is 20.1 Å². The van der Waals surface area contributed by atoms with E-state index in [2.05, 4.69) is 5.32 Å². The summed E-state index contributed by atoms with van der Waals surface area (Å²) >= 11 is 0. The summed E-state index contributed by atoms with van der Waals surface area (Å²) in [5, 5.41) is 11.7. The van der Waals surface area contributed by atoms with Gasteiger partial charge in [0, 0.05) is 26.8 Å². The lowest BCUT2D eigenvalue weighted by Gasteiger charge is -2.28. The molecule has 1 rings (SSSR count). The number of carboxylic acid groups (broad SMARTS) is 1. The quantitative estimate of drug-likeness (QED) is 0.776. The third-order valence-corrected chi connectivity index (χ3v) is 3.52. The van der Waals surface area contributed by atoms with Gasteiger partial charge in [0.1, 0.15) is 6.04 Å². The number of carbonyl (C=O) groups is 2. The number of amides is 2. The smallest absolute Gasteiger partial charge is 0.326 e. The fourth-order valence-corrected chi connectivity index (χ4v) is 2.35. The van der Waals surface area contributed by atoms with Crippen LogP contribution in [-0.4, -0.2) is 54.9 Å². The van der Waals surface area contributed by atoms with Gasteiger partial charge >= 0.3 is 12.0 Å². The molecule has 1 atom stereocenters. The Labute approximate surface area is 120 Å². The lowest BCUT2D eigenvalue weighted by Crippen LogP contribution is -2.48. The summed E-state index contributed by atoms with van der Waals surface area (Å²) in [5.74, 6) is -0.323. The fraction of sp³-hybridized carbons (Fsp3) is 0.857. The highest BCUT2D eigenvalue weighted by Gasteiger charge is 2.24. The molecule has 0 aromatic carbocycles. The zero-order valence-corrected chi connectivity index (χ0v) is 12.6. The molecule has 1 saturated heterocycles. The van der Waals surface area contributed by atoms with Crippen molar-refractivity contribution in [2.45, 2.75) is 39.2 Å². The number of ether oxygens (including phenoxy) is 1. The molecule has 0 unspecified atom stereocenters. The Morgan fingerprint density at radius 3 is 2.45 bits per heavy atom. The zero-order valence-electron chi connectivity index (χ0n) is 12.6. The maximum Gasteiger partial charge on any atom is 0.326 e. The maximum absolute atomic E-state index is 12.0. The van der Waals surface area contributed by atoms with E-state index in [1.807, 2.05) is 13.8 Å². The minimum absolute atomic E-state index is 0.220. The lowest BCUT2D eigenvalue weighted by atomic mass is 10.00.